The van der Waals surface area contributed by atoms with Gasteiger partial charge in [0.15, 0.2) is 0 Å². The number of hydrogen-bond donors (Lipinski definition) is 1. The lowest BCUT2D eigenvalue weighted by atomic mass is 10.2. The molecule has 2 rings (SSSR count). The maximum Gasteiger partial charge on any atom is 0.0931 e. The van der Waals surface area contributed by atoms with Crippen LogP contribution in [0.15, 0.2) is 34.8 Å². The topological polar surface area (TPSA) is 12.0 Å². The van der Waals surface area contributed by atoms with Gasteiger partial charge in [0.25, 0.3) is 0 Å². The molecule has 1 aromatic carbocycles. The Hall–Kier alpha value is -0.510. The molecule has 0 bridgehead atoms. The molecular formula is C12H11BrClNS. The van der Waals surface area contributed by atoms with Crippen molar-refractivity contribution in [2.75, 3.05) is 5.32 Å². The van der Waals surface area contributed by atoms with E-state index in [0.717, 1.165) is 21.0 Å². The zero-order chi connectivity index (χ0) is 11.5. The molecule has 0 aliphatic heterocycles. The summed E-state index contributed by atoms with van der Waals surface area (Å²) in [7, 11) is 0. The van der Waals surface area contributed by atoms with Gasteiger partial charge in [-0.25, -0.2) is 0 Å². The predicted octanol–water partition coefficient (Wildman–Crippen LogP) is 5.08. The molecule has 0 aliphatic carbocycles. The Labute approximate surface area is 113 Å². The van der Waals surface area contributed by atoms with Gasteiger partial charge in [-0.3, -0.25) is 0 Å². The Morgan fingerprint density at radius 1 is 1.31 bits per heavy atom. The minimum Gasteiger partial charge on any atom is -0.380 e. The minimum absolute atomic E-state index is 0.813. The minimum atomic E-state index is 0.813. The van der Waals surface area contributed by atoms with Gasteiger partial charge in [0.1, 0.15) is 0 Å². The zero-order valence-corrected chi connectivity index (χ0v) is 11.9. The molecule has 0 saturated carbocycles. The zero-order valence-electron chi connectivity index (χ0n) is 8.76. The van der Waals surface area contributed by atoms with Gasteiger partial charge in [0, 0.05) is 21.6 Å². The Morgan fingerprint density at radius 3 is 2.75 bits per heavy atom. The highest BCUT2D eigenvalue weighted by molar-refractivity contribution is 9.10. The van der Waals surface area contributed by atoms with Crippen molar-refractivity contribution < 1.29 is 0 Å². The van der Waals surface area contributed by atoms with Crippen molar-refractivity contribution in [3.63, 3.8) is 0 Å². The van der Waals surface area contributed by atoms with Crippen LogP contribution in [0.25, 0.3) is 0 Å². The first-order chi connectivity index (χ1) is 7.63. The van der Waals surface area contributed by atoms with Crippen LogP contribution < -0.4 is 5.32 Å². The summed E-state index contributed by atoms with van der Waals surface area (Å²) in [5.41, 5.74) is 2.36. The highest BCUT2D eigenvalue weighted by Crippen LogP contribution is 2.23. The van der Waals surface area contributed by atoms with E-state index in [4.69, 9.17) is 11.6 Å². The van der Waals surface area contributed by atoms with Gasteiger partial charge in [-0.2, -0.15) is 0 Å². The van der Waals surface area contributed by atoms with Crippen molar-refractivity contribution >= 4 is 44.6 Å². The molecule has 0 radical (unpaired) electrons. The Morgan fingerprint density at radius 2 is 2.12 bits per heavy atom. The molecule has 0 amide bonds. The van der Waals surface area contributed by atoms with E-state index >= 15 is 0 Å². The van der Waals surface area contributed by atoms with Crippen molar-refractivity contribution in [1.82, 2.24) is 0 Å². The van der Waals surface area contributed by atoms with E-state index in [1.807, 2.05) is 12.1 Å². The van der Waals surface area contributed by atoms with Gasteiger partial charge in [-0.05, 0) is 42.8 Å². The lowest BCUT2D eigenvalue weighted by molar-refractivity contribution is 1.19. The van der Waals surface area contributed by atoms with Crippen LogP contribution in [0.5, 0.6) is 0 Å². The smallest absolute Gasteiger partial charge is 0.0931 e. The van der Waals surface area contributed by atoms with Gasteiger partial charge in [-0.15, -0.1) is 11.3 Å². The fourth-order valence-corrected chi connectivity index (χ4v) is 3.11. The molecule has 0 aliphatic rings. The maximum absolute atomic E-state index is 5.88. The van der Waals surface area contributed by atoms with Gasteiger partial charge in [0.2, 0.25) is 0 Å². The Bertz CT molecular complexity index is 475. The number of hydrogen-bond acceptors (Lipinski definition) is 2. The van der Waals surface area contributed by atoms with E-state index in [2.05, 4.69) is 46.4 Å². The molecular weight excluding hydrogens is 306 g/mol. The van der Waals surface area contributed by atoms with Gasteiger partial charge in [-0.1, -0.05) is 27.5 Å². The molecule has 16 heavy (non-hydrogen) atoms. The molecule has 0 saturated heterocycles. The average molecular weight is 317 g/mol. The van der Waals surface area contributed by atoms with Crippen LogP contribution >= 0.6 is 38.9 Å². The van der Waals surface area contributed by atoms with E-state index < -0.39 is 0 Å². The summed E-state index contributed by atoms with van der Waals surface area (Å²) in [4.78, 5) is 1.24. The first kappa shape index (κ1) is 12.0. The second-order valence-corrected chi connectivity index (χ2v) is 6.29. The van der Waals surface area contributed by atoms with E-state index in [0.29, 0.717) is 0 Å². The maximum atomic E-state index is 5.88. The normalized spacial score (nSPS) is 10.4. The quantitative estimate of drug-likeness (QED) is 0.832. The molecule has 1 nitrogen and oxygen atoms in total. The number of rotatable bonds is 3. The van der Waals surface area contributed by atoms with Crippen molar-refractivity contribution in [3.8, 4) is 0 Å². The number of anilines is 1. The molecule has 0 spiro atoms. The van der Waals surface area contributed by atoms with Crippen molar-refractivity contribution in [2.45, 2.75) is 13.5 Å². The molecule has 1 heterocycles. The SMILES string of the molecule is Cc1cc(Br)cc(NCc2ccc(Cl)s2)c1. The molecule has 0 fully saturated rings. The summed E-state index contributed by atoms with van der Waals surface area (Å²) in [6, 6.07) is 10.3. The third kappa shape index (κ3) is 3.24. The molecule has 1 aromatic heterocycles. The molecule has 0 unspecified atom stereocenters. The number of nitrogens with one attached hydrogen (secondary N) is 1. The van der Waals surface area contributed by atoms with Crippen LogP contribution in [-0.4, -0.2) is 0 Å². The van der Waals surface area contributed by atoms with Crippen LogP contribution in [0.1, 0.15) is 10.4 Å². The third-order valence-electron chi connectivity index (χ3n) is 2.14. The largest absolute Gasteiger partial charge is 0.380 e. The average Bonchev–Trinajstić information content (AvgIpc) is 2.60. The van der Waals surface area contributed by atoms with Crippen molar-refractivity contribution in [2.24, 2.45) is 0 Å². The van der Waals surface area contributed by atoms with Crippen LogP contribution in [-0.2, 0) is 6.54 Å². The lowest BCUT2D eigenvalue weighted by Gasteiger charge is -2.06. The second-order valence-electron chi connectivity index (χ2n) is 3.58. The van der Waals surface area contributed by atoms with Crippen LogP contribution in [0.3, 0.4) is 0 Å². The fourth-order valence-electron chi connectivity index (χ4n) is 1.47. The monoisotopic (exact) mass is 315 g/mol. The summed E-state index contributed by atoms with van der Waals surface area (Å²) in [6.07, 6.45) is 0. The molecule has 1 N–H and O–H groups in total. The number of thiophene rings is 1. The standard InChI is InChI=1S/C12H11BrClNS/c1-8-4-9(13)6-10(5-8)15-7-11-2-3-12(14)16-11/h2-6,15H,7H2,1H3. The van der Waals surface area contributed by atoms with Crippen LogP contribution in [0.4, 0.5) is 5.69 Å². The third-order valence-corrected chi connectivity index (χ3v) is 3.83. The number of benzene rings is 1. The van der Waals surface area contributed by atoms with Crippen molar-refractivity contribution in [3.05, 3.63) is 49.6 Å². The van der Waals surface area contributed by atoms with Crippen LogP contribution in [0, 0.1) is 6.92 Å². The van der Waals surface area contributed by atoms with Gasteiger partial charge >= 0.3 is 0 Å². The summed E-state index contributed by atoms with van der Waals surface area (Å²) in [6.45, 7) is 2.89. The highest BCUT2D eigenvalue weighted by Gasteiger charge is 1.99. The first-order valence-corrected chi connectivity index (χ1v) is 6.87. The second kappa shape index (κ2) is 5.21. The Kier molecular flexibility index (Phi) is 3.90. The number of halogens is 2. The van der Waals surface area contributed by atoms with E-state index in [9.17, 15) is 0 Å². The molecule has 0 atom stereocenters. The molecule has 4 heteroatoms. The van der Waals surface area contributed by atoms with Crippen molar-refractivity contribution in [1.29, 1.82) is 0 Å². The van der Waals surface area contributed by atoms with Gasteiger partial charge < -0.3 is 5.32 Å². The van der Waals surface area contributed by atoms with E-state index in [1.165, 1.54) is 10.4 Å². The predicted molar refractivity (Wildman–Crippen MR) is 75.5 cm³/mol. The Balaban J connectivity index is 2.04. The molecule has 84 valence electrons. The van der Waals surface area contributed by atoms with E-state index in [1.54, 1.807) is 11.3 Å². The summed E-state index contributed by atoms with van der Waals surface area (Å²) >= 11 is 11.0. The number of aryl methyl sites for hydroxylation is 1. The summed E-state index contributed by atoms with van der Waals surface area (Å²) < 4.78 is 1.93. The van der Waals surface area contributed by atoms with Gasteiger partial charge in [0.05, 0.1) is 4.34 Å². The summed E-state index contributed by atoms with van der Waals surface area (Å²) in [5, 5.41) is 3.38. The highest BCUT2D eigenvalue weighted by atomic mass is 79.9. The molecule has 2 aromatic rings. The van der Waals surface area contributed by atoms with Crippen LogP contribution in [0.2, 0.25) is 4.34 Å². The summed E-state index contributed by atoms with van der Waals surface area (Å²) in [5.74, 6) is 0. The van der Waals surface area contributed by atoms with E-state index in [-0.39, 0.29) is 0 Å². The first-order valence-electron chi connectivity index (χ1n) is 4.89. The fraction of sp³-hybridized carbons (Fsp3) is 0.167. The lowest BCUT2D eigenvalue weighted by Crippen LogP contribution is -1.97.